The second-order valence-corrected chi connectivity index (χ2v) is 8.74. The fourth-order valence-corrected chi connectivity index (χ4v) is 4.58. The third kappa shape index (κ3) is 5.84. The number of nitrogens with one attached hydrogen (secondary N) is 1. The molecule has 2 amide bonds. The first-order valence-corrected chi connectivity index (χ1v) is 11.9. The summed E-state index contributed by atoms with van der Waals surface area (Å²) >= 11 is 0. The Morgan fingerprint density at radius 3 is 1.97 bits per heavy atom. The van der Waals surface area contributed by atoms with Gasteiger partial charge in [0, 0.05) is 25.6 Å². The summed E-state index contributed by atoms with van der Waals surface area (Å²) in [6.45, 7) is 1.81. The zero-order valence-corrected chi connectivity index (χ0v) is 19.7. The number of rotatable bonds is 8. The molecule has 1 saturated heterocycles. The van der Waals surface area contributed by atoms with E-state index in [2.05, 4.69) is 5.32 Å². The Hall–Kier alpha value is -3.60. The van der Waals surface area contributed by atoms with Gasteiger partial charge in [0.25, 0.3) is 0 Å². The molecule has 1 heterocycles. The molecule has 0 unspecified atom stereocenters. The van der Waals surface area contributed by atoms with Crippen molar-refractivity contribution in [3.63, 3.8) is 0 Å². The van der Waals surface area contributed by atoms with Gasteiger partial charge in [0.05, 0.1) is 13.0 Å². The lowest BCUT2D eigenvalue weighted by molar-refractivity contribution is -0.136. The Morgan fingerprint density at radius 2 is 1.44 bits per heavy atom. The van der Waals surface area contributed by atoms with E-state index >= 15 is 0 Å². The molecule has 0 spiro atoms. The summed E-state index contributed by atoms with van der Waals surface area (Å²) in [5, 5.41) is 3.07. The molecule has 3 aromatic rings. The van der Waals surface area contributed by atoms with Crippen LogP contribution in [0.25, 0.3) is 0 Å². The molecule has 0 atom stereocenters. The maximum Gasteiger partial charge on any atom is 0.234 e. The fourth-order valence-electron chi connectivity index (χ4n) is 4.58. The summed E-state index contributed by atoms with van der Waals surface area (Å²) in [7, 11) is 1.65. The van der Waals surface area contributed by atoms with Crippen molar-refractivity contribution in [2.75, 3.05) is 26.7 Å². The van der Waals surface area contributed by atoms with Crippen molar-refractivity contribution < 1.29 is 14.3 Å². The van der Waals surface area contributed by atoms with E-state index in [1.165, 1.54) is 0 Å². The lowest BCUT2D eigenvalue weighted by atomic mass is 9.88. The Kier molecular flexibility index (Phi) is 7.97. The maximum atomic E-state index is 13.6. The van der Waals surface area contributed by atoms with Crippen molar-refractivity contribution in [3.8, 4) is 5.75 Å². The highest BCUT2D eigenvalue weighted by atomic mass is 16.5. The second-order valence-electron chi connectivity index (χ2n) is 8.74. The van der Waals surface area contributed by atoms with Crippen molar-refractivity contribution in [2.45, 2.75) is 25.2 Å². The molecule has 0 saturated carbocycles. The smallest absolute Gasteiger partial charge is 0.234 e. The van der Waals surface area contributed by atoms with Gasteiger partial charge in [-0.25, -0.2) is 0 Å². The Bertz CT molecular complexity index is 1020. The molecule has 0 bridgehead atoms. The standard InChI is InChI=1S/C29H32N2O3/c1-34-26-14-12-22(13-15-26)16-19-30-28(32)25-17-20-31(21-18-25)29(33)27(23-8-4-2-5-9-23)24-10-6-3-7-11-24/h2-15,25,27H,16-21H2,1H3,(H,30,32). The first-order valence-electron chi connectivity index (χ1n) is 11.9. The van der Waals surface area contributed by atoms with E-state index in [1.54, 1.807) is 7.11 Å². The monoisotopic (exact) mass is 456 g/mol. The topological polar surface area (TPSA) is 58.6 Å². The van der Waals surface area contributed by atoms with Crippen LogP contribution < -0.4 is 10.1 Å². The molecule has 0 aromatic heterocycles. The summed E-state index contributed by atoms with van der Waals surface area (Å²) in [5.74, 6) is 0.652. The molecule has 0 radical (unpaired) electrons. The van der Waals surface area contributed by atoms with Crippen LogP contribution in [0.1, 0.15) is 35.4 Å². The van der Waals surface area contributed by atoms with E-state index in [-0.39, 0.29) is 23.7 Å². The number of nitrogens with zero attached hydrogens (tertiary/aromatic N) is 1. The Balaban J connectivity index is 1.31. The van der Waals surface area contributed by atoms with Crippen LogP contribution in [0.15, 0.2) is 84.9 Å². The minimum atomic E-state index is -0.322. The minimum absolute atomic E-state index is 0.0492. The summed E-state index contributed by atoms with van der Waals surface area (Å²) in [6, 6.07) is 27.8. The molecule has 1 fully saturated rings. The second kappa shape index (κ2) is 11.5. The lowest BCUT2D eigenvalue weighted by Crippen LogP contribution is -2.45. The van der Waals surface area contributed by atoms with Crippen LogP contribution in [-0.4, -0.2) is 43.5 Å². The number of hydrogen-bond donors (Lipinski definition) is 1. The van der Waals surface area contributed by atoms with Gasteiger partial charge in [-0.1, -0.05) is 72.8 Å². The van der Waals surface area contributed by atoms with Crippen molar-refractivity contribution in [1.82, 2.24) is 10.2 Å². The number of amides is 2. The predicted octanol–water partition coefficient (Wildman–Crippen LogP) is 4.42. The van der Waals surface area contributed by atoms with E-state index in [1.807, 2.05) is 89.8 Å². The van der Waals surface area contributed by atoms with Crippen LogP contribution in [0.3, 0.4) is 0 Å². The van der Waals surface area contributed by atoms with Gasteiger partial charge >= 0.3 is 0 Å². The number of carbonyl (C=O) groups excluding carboxylic acids is 2. The van der Waals surface area contributed by atoms with Crippen molar-refractivity contribution in [1.29, 1.82) is 0 Å². The molecule has 34 heavy (non-hydrogen) atoms. The van der Waals surface area contributed by atoms with Gasteiger partial charge in [-0.3, -0.25) is 9.59 Å². The summed E-state index contributed by atoms with van der Waals surface area (Å²) in [5.41, 5.74) is 3.16. The third-order valence-corrected chi connectivity index (χ3v) is 6.56. The molecule has 176 valence electrons. The maximum absolute atomic E-state index is 13.6. The minimum Gasteiger partial charge on any atom is -0.497 e. The molecule has 1 N–H and O–H groups in total. The summed E-state index contributed by atoms with van der Waals surface area (Å²) < 4.78 is 5.18. The van der Waals surface area contributed by atoms with Crippen LogP contribution in [-0.2, 0) is 16.0 Å². The van der Waals surface area contributed by atoms with Crippen LogP contribution in [0.4, 0.5) is 0 Å². The van der Waals surface area contributed by atoms with Gasteiger partial charge < -0.3 is 15.0 Å². The highest BCUT2D eigenvalue weighted by Crippen LogP contribution is 2.29. The highest BCUT2D eigenvalue weighted by Gasteiger charge is 2.32. The van der Waals surface area contributed by atoms with E-state index in [9.17, 15) is 9.59 Å². The largest absolute Gasteiger partial charge is 0.497 e. The van der Waals surface area contributed by atoms with Crippen molar-refractivity contribution in [3.05, 3.63) is 102 Å². The molecule has 5 nitrogen and oxygen atoms in total. The number of carbonyl (C=O) groups is 2. The van der Waals surface area contributed by atoms with Gasteiger partial charge in [-0.05, 0) is 48.1 Å². The lowest BCUT2D eigenvalue weighted by Gasteiger charge is -2.34. The van der Waals surface area contributed by atoms with Gasteiger partial charge in [-0.15, -0.1) is 0 Å². The molecule has 4 rings (SSSR count). The van der Waals surface area contributed by atoms with Crippen LogP contribution >= 0.6 is 0 Å². The van der Waals surface area contributed by atoms with Gasteiger partial charge in [0.1, 0.15) is 5.75 Å². The number of ether oxygens (including phenoxy) is 1. The number of piperidine rings is 1. The predicted molar refractivity (Wildman–Crippen MR) is 134 cm³/mol. The molecule has 1 aliphatic rings. The summed E-state index contributed by atoms with van der Waals surface area (Å²) in [4.78, 5) is 28.2. The SMILES string of the molecule is COc1ccc(CCNC(=O)C2CCN(C(=O)C(c3ccccc3)c3ccccc3)CC2)cc1. The molecular formula is C29H32N2O3. The molecule has 1 aliphatic heterocycles. The Labute approximate surface area is 201 Å². The number of hydrogen-bond acceptors (Lipinski definition) is 3. The first-order chi connectivity index (χ1) is 16.7. The number of likely N-dealkylation sites (tertiary alicyclic amines) is 1. The van der Waals surface area contributed by atoms with E-state index in [4.69, 9.17) is 4.74 Å². The van der Waals surface area contributed by atoms with Gasteiger partial charge in [-0.2, -0.15) is 0 Å². The molecule has 0 aliphatic carbocycles. The van der Waals surface area contributed by atoms with E-state index in [0.29, 0.717) is 32.5 Å². The molecule has 3 aromatic carbocycles. The first kappa shape index (κ1) is 23.6. The quantitative estimate of drug-likeness (QED) is 0.546. The average molecular weight is 457 g/mol. The summed E-state index contributed by atoms with van der Waals surface area (Å²) in [6.07, 6.45) is 2.16. The number of methoxy groups -OCH3 is 1. The normalized spacial score (nSPS) is 14.1. The zero-order valence-electron chi connectivity index (χ0n) is 19.7. The molecular weight excluding hydrogens is 424 g/mol. The third-order valence-electron chi connectivity index (χ3n) is 6.56. The van der Waals surface area contributed by atoms with Crippen LogP contribution in [0, 0.1) is 5.92 Å². The van der Waals surface area contributed by atoms with Crippen molar-refractivity contribution >= 4 is 11.8 Å². The molecule has 5 heteroatoms. The van der Waals surface area contributed by atoms with Gasteiger partial charge in [0.2, 0.25) is 11.8 Å². The van der Waals surface area contributed by atoms with Gasteiger partial charge in [0.15, 0.2) is 0 Å². The van der Waals surface area contributed by atoms with Crippen LogP contribution in [0.2, 0.25) is 0 Å². The van der Waals surface area contributed by atoms with Crippen LogP contribution in [0.5, 0.6) is 5.75 Å². The van der Waals surface area contributed by atoms with E-state index in [0.717, 1.165) is 28.9 Å². The highest BCUT2D eigenvalue weighted by molar-refractivity contribution is 5.87. The average Bonchev–Trinajstić information content (AvgIpc) is 2.90. The van der Waals surface area contributed by atoms with Crippen molar-refractivity contribution in [2.24, 2.45) is 5.92 Å². The number of benzene rings is 3. The fraction of sp³-hybridized carbons (Fsp3) is 0.310. The van der Waals surface area contributed by atoms with E-state index < -0.39 is 0 Å². The Morgan fingerprint density at radius 1 is 0.882 bits per heavy atom. The zero-order chi connectivity index (χ0) is 23.8.